The Hall–Kier alpha value is -1.07. The number of rotatable bonds is 1. The molecule has 4 nitrogen and oxygen atoms in total. The van der Waals surface area contributed by atoms with Crippen LogP contribution in [0, 0.1) is 0 Å². The molecule has 0 spiro atoms. The second-order valence-corrected chi connectivity index (χ2v) is 4.21. The predicted molar refractivity (Wildman–Crippen MR) is 52.7 cm³/mol. The number of ether oxygens (including phenoxy) is 1. The third-order valence-corrected chi connectivity index (χ3v) is 3.47. The average molecular weight is 213 g/mol. The fraction of sp³-hybridized carbons (Fsp3) is 0.444. The molecule has 2 heterocycles. The third kappa shape index (κ3) is 1.38. The summed E-state index contributed by atoms with van der Waals surface area (Å²) in [5.41, 5.74) is 0.897. The number of hydrogen-bond donors (Lipinski definition) is 2. The molecule has 2 rings (SSSR count). The lowest BCUT2D eigenvalue weighted by Gasteiger charge is -2.11. The average Bonchev–Trinajstić information content (AvgIpc) is 2.56. The molecule has 0 fully saturated rings. The summed E-state index contributed by atoms with van der Waals surface area (Å²) in [5, 5.41) is 12.9. The Labute approximate surface area is 85.5 Å². The van der Waals surface area contributed by atoms with Crippen LogP contribution in [0.5, 0.6) is 5.75 Å². The van der Waals surface area contributed by atoms with Crippen molar-refractivity contribution in [3.05, 3.63) is 15.3 Å². The molecule has 2 N–H and O–H groups in total. The summed E-state index contributed by atoms with van der Waals surface area (Å²) < 4.78 is 4.59. The zero-order valence-electron chi connectivity index (χ0n) is 7.79. The Kier molecular flexibility index (Phi) is 2.43. The highest BCUT2D eigenvalue weighted by Gasteiger charge is 2.24. The second-order valence-electron chi connectivity index (χ2n) is 3.10. The third-order valence-electron chi connectivity index (χ3n) is 2.27. The van der Waals surface area contributed by atoms with Crippen molar-refractivity contribution < 1.29 is 14.6 Å². The zero-order chi connectivity index (χ0) is 10.1. The first kappa shape index (κ1) is 9.48. The molecule has 0 aromatic carbocycles. The molecule has 0 unspecified atom stereocenters. The highest BCUT2D eigenvalue weighted by atomic mass is 32.1. The zero-order valence-corrected chi connectivity index (χ0v) is 8.61. The topological polar surface area (TPSA) is 58.6 Å². The van der Waals surface area contributed by atoms with E-state index in [0.29, 0.717) is 4.88 Å². The van der Waals surface area contributed by atoms with E-state index >= 15 is 0 Å². The molecule has 0 amide bonds. The number of thiophene rings is 1. The standard InChI is InChI=1S/C9H11NO3S/c1-13-9(12)8-7(11)5-2-3-10-4-6(5)14-8/h10-11H,2-4H2,1H3. The molecule has 0 aliphatic carbocycles. The minimum absolute atomic E-state index is 0.110. The molecule has 0 saturated heterocycles. The first-order valence-electron chi connectivity index (χ1n) is 4.36. The van der Waals surface area contributed by atoms with Crippen LogP contribution in [0.25, 0.3) is 0 Å². The summed E-state index contributed by atoms with van der Waals surface area (Å²) in [6.07, 6.45) is 0.772. The summed E-state index contributed by atoms with van der Waals surface area (Å²) in [7, 11) is 1.32. The minimum atomic E-state index is -0.457. The second kappa shape index (κ2) is 3.59. The van der Waals surface area contributed by atoms with Crippen LogP contribution in [0.2, 0.25) is 0 Å². The van der Waals surface area contributed by atoms with Crippen LogP contribution in [0.1, 0.15) is 20.1 Å². The molecule has 14 heavy (non-hydrogen) atoms. The Bertz CT molecular complexity index is 372. The number of methoxy groups -OCH3 is 1. The maximum atomic E-state index is 11.3. The van der Waals surface area contributed by atoms with E-state index in [2.05, 4.69) is 10.1 Å². The normalized spacial score (nSPS) is 14.9. The van der Waals surface area contributed by atoms with Crippen LogP contribution in [0.4, 0.5) is 0 Å². The van der Waals surface area contributed by atoms with Gasteiger partial charge in [0.15, 0.2) is 4.88 Å². The summed E-state index contributed by atoms with van der Waals surface area (Å²) in [4.78, 5) is 12.6. The number of carbonyl (C=O) groups excluding carboxylic acids is 1. The predicted octanol–water partition coefficient (Wildman–Crippen LogP) is 0.886. The quantitative estimate of drug-likeness (QED) is 0.680. The van der Waals surface area contributed by atoms with Crippen molar-refractivity contribution in [2.75, 3.05) is 13.7 Å². The van der Waals surface area contributed by atoms with Crippen LogP contribution in [-0.4, -0.2) is 24.7 Å². The molecule has 76 valence electrons. The van der Waals surface area contributed by atoms with Gasteiger partial charge in [-0.15, -0.1) is 11.3 Å². The van der Waals surface area contributed by atoms with Crippen molar-refractivity contribution in [3.8, 4) is 5.75 Å². The van der Waals surface area contributed by atoms with Crippen molar-refractivity contribution in [2.45, 2.75) is 13.0 Å². The number of nitrogens with one attached hydrogen (secondary N) is 1. The minimum Gasteiger partial charge on any atom is -0.506 e. The van der Waals surface area contributed by atoms with Gasteiger partial charge in [0.05, 0.1) is 7.11 Å². The molecule has 5 heteroatoms. The lowest BCUT2D eigenvalue weighted by Crippen LogP contribution is -2.21. The van der Waals surface area contributed by atoms with Gasteiger partial charge in [0.2, 0.25) is 0 Å². The molecule has 1 aromatic rings. The van der Waals surface area contributed by atoms with E-state index in [1.165, 1.54) is 18.4 Å². The monoisotopic (exact) mass is 213 g/mol. The summed E-state index contributed by atoms with van der Waals surface area (Å²) in [5.74, 6) is -0.347. The number of fused-ring (bicyclic) bond motifs is 1. The van der Waals surface area contributed by atoms with Crippen molar-refractivity contribution in [1.29, 1.82) is 0 Å². The number of hydrogen-bond acceptors (Lipinski definition) is 5. The van der Waals surface area contributed by atoms with Gasteiger partial charge < -0.3 is 15.2 Å². The van der Waals surface area contributed by atoms with Crippen LogP contribution in [0.15, 0.2) is 0 Å². The highest BCUT2D eigenvalue weighted by molar-refractivity contribution is 7.14. The van der Waals surface area contributed by atoms with Crippen molar-refractivity contribution in [2.24, 2.45) is 0 Å². The van der Waals surface area contributed by atoms with Crippen LogP contribution in [0.3, 0.4) is 0 Å². The molecule has 0 saturated carbocycles. The van der Waals surface area contributed by atoms with E-state index in [0.717, 1.165) is 30.0 Å². The van der Waals surface area contributed by atoms with Crippen molar-refractivity contribution >= 4 is 17.3 Å². The lowest BCUT2D eigenvalue weighted by molar-refractivity contribution is 0.0603. The molecular weight excluding hydrogens is 202 g/mol. The molecule has 0 atom stereocenters. The molecule has 0 bridgehead atoms. The molecular formula is C9H11NO3S. The highest BCUT2D eigenvalue weighted by Crippen LogP contribution is 2.36. The van der Waals surface area contributed by atoms with Gasteiger partial charge in [-0.25, -0.2) is 4.79 Å². The van der Waals surface area contributed by atoms with E-state index in [4.69, 9.17) is 0 Å². The van der Waals surface area contributed by atoms with Crippen LogP contribution < -0.4 is 5.32 Å². The summed E-state index contributed by atoms with van der Waals surface area (Å²) in [6.45, 7) is 1.57. The maximum absolute atomic E-state index is 11.3. The van der Waals surface area contributed by atoms with E-state index in [9.17, 15) is 9.90 Å². The first-order valence-corrected chi connectivity index (χ1v) is 5.18. The number of aromatic hydroxyl groups is 1. The number of carbonyl (C=O) groups is 1. The van der Waals surface area contributed by atoms with Gasteiger partial charge >= 0.3 is 5.97 Å². The Morgan fingerprint density at radius 1 is 1.64 bits per heavy atom. The van der Waals surface area contributed by atoms with Gasteiger partial charge in [-0.1, -0.05) is 0 Å². The fourth-order valence-electron chi connectivity index (χ4n) is 1.55. The van der Waals surface area contributed by atoms with Crippen LogP contribution >= 0.6 is 11.3 Å². The SMILES string of the molecule is COC(=O)c1sc2c(c1O)CCNC2. The summed E-state index contributed by atoms with van der Waals surface area (Å²) >= 11 is 1.31. The van der Waals surface area contributed by atoms with Gasteiger partial charge in [0.1, 0.15) is 5.75 Å². The number of esters is 1. The Morgan fingerprint density at radius 3 is 3.07 bits per heavy atom. The van der Waals surface area contributed by atoms with E-state index in [1.807, 2.05) is 0 Å². The van der Waals surface area contributed by atoms with Gasteiger partial charge in [-0.05, 0) is 13.0 Å². The van der Waals surface area contributed by atoms with Gasteiger partial charge in [0.25, 0.3) is 0 Å². The smallest absolute Gasteiger partial charge is 0.351 e. The fourth-order valence-corrected chi connectivity index (χ4v) is 2.68. The largest absolute Gasteiger partial charge is 0.506 e. The van der Waals surface area contributed by atoms with E-state index < -0.39 is 5.97 Å². The molecule has 1 aliphatic heterocycles. The molecule has 0 radical (unpaired) electrons. The van der Waals surface area contributed by atoms with Crippen molar-refractivity contribution in [1.82, 2.24) is 5.32 Å². The maximum Gasteiger partial charge on any atom is 0.351 e. The van der Waals surface area contributed by atoms with Gasteiger partial charge in [-0.3, -0.25) is 0 Å². The van der Waals surface area contributed by atoms with Gasteiger partial charge in [-0.2, -0.15) is 0 Å². The van der Waals surface area contributed by atoms with Crippen LogP contribution in [-0.2, 0) is 17.7 Å². The molecule has 1 aliphatic rings. The lowest BCUT2D eigenvalue weighted by atomic mass is 10.1. The summed E-state index contributed by atoms with van der Waals surface area (Å²) in [6, 6.07) is 0. The Morgan fingerprint density at radius 2 is 2.43 bits per heavy atom. The van der Waals surface area contributed by atoms with E-state index in [1.54, 1.807) is 0 Å². The van der Waals surface area contributed by atoms with E-state index in [-0.39, 0.29) is 5.75 Å². The first-order chi connectivity index (χ1) is 6.74. The van der Waals surface area contributed by atoms with Gasteiger partial charge in [0, 0.05) is 17.0 Å². The molecule has 1 aromatic heterocycles. The Balaban J connectivity index is 2.43. The van der Waals surface area contributed by atoms with Crippen molar-refractivity contribution in [3.63, 3.8) is 0 Å².